The number of likely N-dealkylation sites (tertiary alicyclic amines) is 1. The van der Waals surface area contributed by atoms with E-state index < -0.39 is 0 Å². The molecule has 0 aliphatic carbocycles. The monoisotopic (exact) mass is 430 g/mol. The van der Waals surface area contributed by atoms with Crippen molar-refractivity contribution in [2.75, 3.05) is 26.7 Å². The number of hydrogen-bond donors (Lipinski definition) is 1. The summed E-state index contributed by atoms with van der Waals surface area (Å²) in [7, 11) is 2.08. The maximum absolute atomic E-state index is 4.89. The molecule has 4 heteroatoms. The van der Waals surface area contributed by atoms with Gasteiger partial charge in [0.2, 0.25) is 0 Å². The van der Waals surface area contributed by atoms with Crippen molar-refractivity contribution in [1.82, 2.24) is 20.0 Å². The smallest absolute Gasteiger partial charge is 0.0671 e. The van der Waals surface area contributed by atoms with Crippen LogP contribution in [-0.2, 0) is 19.4 Å². The van der Waals surface area contributed by atoms with Gasteiger partial charge in [0, 0.05) is 24.7 Å². The molecule has 2 heterocycles. The first-order valence-corrected chi connectivity index (χ1v) is 12.3. The molecule has 2 aromatic carbocycles. The minimum Gasteiger partial charge on any atom is -0.313 e. The van der Waals surface area contributed by atoms with Gasteiger partial charge >= 0.3 is 0 Å². The van der Waals surface area contributed by atoms with Crippen LogP contribution in [0.15, 0.2) is 66.7 Å². The third-order valence-electron chi connectivity index (χ3n) is 6.93. The number of piperidine rings is 1. The van der Waals surface area contributed by atoms with Crippen molar-refractivity contribution in [2.45, 2.75) is 51.6 Å². The first-order valence-electron chi connectivity index (χ1n) is 12.3. The predicted molar refractivity (Wildman–Crippen MR) is 133 cm³/mol. The molecule has 1 fully saturated rings. The van der Waals surface area contributed by atoms with E-state index in [1.165, 1.54) is 55.0 Å². The summed E-state index contributed by atoms with van der Waals surface area (Å²) in [5.74, 6) is 0.770. The van der Waals surface area contributed by atoms with Gasteiger partial charge in [-0.1, -0.05) is 60.7 Å². The van der Waals surface area contributed by atoms with Gasteiger partial charge in [0.15, 0.2) is 0 Å². The van der Waals surface area contributed by atoms with Crippen LogP contribution in [0.4, 0.5) is 0 Å². The Balaban J connectivity index is 1.26. The minimum atomic E-state index is 0.441. The van der Waals surface area contributed by atoms with E-state index in [1.807, 2.05) is 0 Å². The molecule has 0 saturated carbocycles. The number of aromatic nitrogens is 2. The van der Waals surface area contributed by atoms with Gasteiger partial charge in [0.25, 0.3) is 0 Å². The lowest BCUT2D eigenvalue weighted by atomic mass is 9.91. The summed E-state index contributed by atoms with van der Waals surface area (Å²) in [4.78, 5) is 2.65. The fourth-order valence-electron chi connectivity index (χ4n) is 5.03. The SMILES string of the molecule is CCn1nc(Cc2ccccc2)cc1CC1CCN(CC[C@H](NC)c2ccccc2)CC1. The molecule has 0 radical (unpaired) electrons. The van der Waals surface area contributed by atoms with Crippen LogP contribution in [0.5, 0.6) is 0 Å². The second-order valence-electron chi connectivity index (χ2n) is 9.13. The molecule has 0 amide bonds. The topological polar surface area (TPSA) is 33.1 Å². The zero-order valence-electron chi connectivity index (χ0n) is 19.7. The Labute approximate surface area is 193 Å². The average molecular weight is 431 g/mol. The van der Waals surface area contributed by atoms with Crippen LogP contribution in [0.1, 0.15) is 54.7 Å². The summed E-state index contributed by atoms with van der Waals surface area (Å²) in [6.07, 6.45) is 5.83. The van der Waals surface area contributed by atoms with Crippen LogP contribution < -0.4 is 5.32 Å². The Morgan fingerprint density at radius 2 is 1.69 bits per heavy atom. The van der Waals surface area contributed by atoms with Gasteiger partial charge in [-0.25, -0.2) is 0 Å². The standard InChI is InChI=1S/C28H38N4/c1-3-32-27(22-26(30-32)20-23-10-6-4-7-11-23)21-24-14-17-31(18-15-24)19-16-28(29-2)25-12-8-5-9-13-25/h4-13,22,24,28-29H,3,14-21H2,1-2H3/t28-/m0/s1. The van der Waals surface area contributed by atoms with Crippen LogP contribution in [0.25, 0.3) is 0 Å². The second kappa shape index (κ2) is 11.4. The molecule has 1 aromatic heterocycles. The molecule has 170 valence electrons. The van der Waals surface area contributed by atoms with Gasteiger partial charge in [-0.05, 0) is 82.4 Å². The Morgan fingerprint density at radius 3 is 2.34 bits per heavy atom. The van der Waals surface area contributed by atoms with Gasteiger partial charge in [-0.2, -0.15) is 5.10 Å². The molecule has 0 unspecified atom stereocenters. The highest BCUT2D eigenvalue weighted by atomic mass is 15.3. The molecular weight excluding hydrogens is 392 g/mol. The number of benzene rings is 2. The van der Waals surface area contributed by atoms with E-state index in [0.717, 1.165) is 31.7 Å². The first-order chi connectivity index (χ1) is 15.7. The molecule has 1 atom stereocenters. The minimum absolute atomic E-state index is 0.441. The third-order valence-corrected chi connectivity index (χ3v) is 6.93. The third kappa shape index (κ3) is 6.08. The molecule has 1 aliphatic heterocycles. The van der Waals surface area contributed by atoms with E-state index in [9.17, 15) is 0 Å². The van der Waals surface area contributed by atoms with Crippen LogP contribution in [-0.4, -0.2) is 41.4 Å². The maximum Gasteiger partial charge on any atom is 0.0671 e. The number of nitrogens with one attached hydrogen (secondary N) is 1. The van der Waals surface area contributed by atoms with Gasteiger partial charge < -0.3 is 10.2 Å². The summed E-state index contributed by atoms with van der Waals surface area (Å²) < 4.78 is 2.22. The van der Waals surface area contributed by atoms with E-state index >= 15 is 0 Å². The fourth-order valence-corrected chi connectivity index (χ4v) is 5.03. The Bertz CT molecular complexity index is 927. The van der Waals surface area contributed by atoms with Crippen molar-refractivity contribution in [3.63, 3.8) is 0 Å². The molecule has 1 aliphatic rings. The lowest BCUT2D eigenvalue weighted by molar-refractivity contribution is 0.176. The molecule has 4 nitrogen and oxygen atoms in total. The Kier molecular flexibility index (Phi) is 8.13. The second-order valence-corrected chi connectivity index (χ2v) is 9.13. The van der Waals surface area contributed by atoms with Crippen LogP contribution >= 0.6 is 0 Å². The first kappa shape index (κ1) is 22.8. The zero-order chi connectivity index (χ0) is 22.2. The van der Waals surface area contributed by atoms with E-state index in [4.69, 9.17) is 5.10 Å². The normalized spacial score (nSPS) is 16.3. The quantitative estimate of drug-likeness (QED) is 0.486. The van der Waals surface area contributed by atoms with Gasteiger partial charge in [-0.15, -0.1) is 0 Å². The molecule has 4 rings (SSSR count). The number of aryl methyl sites for hydroxylation is 1. The molecule has 1 N–H and O–H groups in total. The zero-order valence-corrected chi connectivity index (χ0v) is 19.7. The maximum atomic E-state index is 4.89. The van der Waals surface area contributed by atoms with Crippen molar-refractivity contribution in [3.05, 3.63) is 89.2 Å². The van der Waals surface area contributed by atoms with Crippen LogP contribution in [0.2, 0.25) is 0 Å². The van der Waals surface area contributed by atoms with Gasteiger partial charge in [-0.3, -0.25) is 4.68 Å². The van der Waals surface area contributed by atoms with Crippen molar-refractivity contribution in [1.29, 1.82) is 0 Å². The molecule has 0 bridgehead atoms. The van der Waals surface area contributed by atoms with E-state index in [2.05, 4.69) is 95.6 Å². The summed E-state index contributed by atoms with van der Waals surface area (Å²) in [5.41, 5.74) is 5.34. The van der Waals surface area contributed by atoms with Crippen molar-refractivity contribution in [3.8, 4) is 0 Å². The highest BCUT2D eigenvalue weighted by Crippen LogP contribution is 2.24. The van der Waals surface area contributed by atoms with E-state index in [-0.39, 0.29) is 0 Å². The average Bonchev–Trinajstić information content (AvgIpc) is 3.23. The molecule has 32 heavy (non-hydrogen) atoms. The van der Waals surface area contributed by atoms with E-state index in [1.54, 1.807) is 0 Å². The van der Waals surface area contributed by atoms with Crippen molar-refractivity contribution in [2.24, 2.45) is 5.92 Å². The Morgan fingerprint density at radius 1 is 1.00 bits per heavy atom. The predicted octanol–water partition coefficient (Wildman–Crippen LogP) is 5.10. The highest BCUT2D eigenvalue weighted by molar-refractivity contribution is 5.23. The van der Waals surface area contributed by atoms with Crippen LogP contribution in [0, 0.1) is 5.92 Å². The largest absolute Gasteiger partial charge is 0.313 e. The van der Waals surface area contributed by atoms with Crippen molar-refractivity contribution >= 4 is 0 Å². The molecule has 0 spiro atoms. The fraction of sp³-hybridized carbons (Fsp3) is 0.464. The molecule has 3 aromatic rings. The van der Waals surface area contributed by atoms with Gasteiger partial charge in [0.05, 0.1) is 5.69 Å². The highest BCUT2D eigenvalue weighted by Gasteiger charge is 2.22. The summed E-state index contributed by atoms with van der Waals surface area (Å²) in [5, 5.41) is 8.39. The summed E-state index contributed by atoms with van der Waals surface area (Å²) >= 11 is 0. The summed E-state index contributed by atoms with van der Waals surface area (Å²) in [6, 6.07) is 24.3. The Hall–Kier alpha value is -2.43. The lowest BCUT2D eigenvalue weighted by Gasteiger charge is -2.33. The number of nitrogens with zero attached hydrogens (tertiary/aromatic N) is 3. The van der Waals surface area contributed by atoms with Gasteiger partial charge in [0.1, 0.15) is 0 Å². The molecule has 1 saturated heterocycles. The van der Waals surface area contributed by atoms with E-state index in [0.29, 0.717) is 6.04 Å². The number of rotatable bonds is 10. The number of hydrogen-bond acceptors (Lipinski definition) is 3. The molecular formula is C28H38N4. The lowest BCUT2D eigenvalue weighted by Crippen LogP contribution is -2.36. The summed E-state index contributed by atoms with van der Waals surface area (Å²) in [6.45, 7) is 6.76. The van der Waals surface area contributed by atoms with Crippen LogP contribution in [0.3, 0.4) is 0 Å². The van der Waals surface area contributed by atoms with Crippen molar-refractivity contribution < 1.29 is 0 Å².